The van der Waals surface area contributed by atoms with Crippen LogP contribution in [0.3, 0.4) is 0 Å². The van der Waals surface area contributed by atoms with Gasteiger partial charge in [0.1, 0.15) is 17.4 Å². The molecule has 150 valence electrons. The van der Waals surface area contributed by atoms with E-state index in [1.165, 1.54) is 6.07 Å². The number of fused-ring (bicyclic) bond motifs is 1. The lowest BCUT2D eigenvalue weighted by atomic mass is 10.0. The van der Waals surface area contributed by atoms with Crippen molar-refractivity contribution in [2.24, 2.45) is 0 Å². The maximum atomic E-state index is 12.9. The zero-order valence-corrected chi connectivity index (χ0v) is 15.9. The van der Waals surface area contributed by atoms with Gasteiger partial charge in [-0.25, -0.2) is 9.97 Å². The summed E-state index contributed by atoms with van der Waals surface area (Å²) < 4.78 is 44.1. The van der Waals surface area contributed by atoms with E-state index in [9.17, 15) is 13.2 Å². The summed E-state index contributed by atoms with van der Waals surface area (Å²) in [6.07, 6.45) is -2.80. The molecule has 0 saturated heterocycles. The first-order valence-electron chi connectivity index (χ1n) is 8.32. The van der Waals surface area contributed by atoms with Crippen molar-refractivity contribution in [1.29, 1.82) is 0 Å². The summed E-state index contributed by atoms with van der Waals surface area (Å²) in [4.78, 5) is 11.5. The van der Waals surface area contributed by atoms with Crippen LogP contribution in [-0.2, 0) is 6.18 Å². The molecule has 9 heteroatoms. The van der Waals surface area contributed by atoms with Gasteiger partial charge in [-0.2, -0.15) is 13.2 Å². The lowest BCUT2D eigenvalue weighted by Crippen LogP contribution is -2.04. The molecular formula is C20H16ClF3N4O. The van der Waals surface area contributed by atoms with E-state index in [-0.39, 0.29) is 23.7 Å². The highest BCUT2D eigenvalue weighted by molar-refractivity contribution is 5.85. The van der Waals surface area contributed by atoms with Crippen molar-refractivity contribution in [3.05, 3.63) is 60.3 Å². The number of hydrogen-bond donors (Lipinski definition) is 2. The third-order valence-corrected chi connectivity index (χ3v) is 4.39. The molecule has 0 fully saturated rings. The third kappa shape index (κ3) is 3.97. The molecule has 0 aliphatic heterocycles. The number of ether oxygens (including phenoxy) is 1. The average molecular weight is 421 g/mol. The fourth-order valence-corrected chi connectivity index (χ4v) is 2.94. The summed E-state index contributed by atoms with van der Waals surface area (Å²) in [6, 6.07) is 12.6. The van der Waals surface area contributed by atoms with E-state index in [1.54, 1.807) is 19.4 Å². The molecule has 0 aliphatic carbocycles. The summed E-state index contributed by atoms with van der Waals surface area (Å²) in [5, 5.41) is 0. The van der Waals surface area contributed by atoms with Gasteiger partial charge in [-0.15, -0.1) is 12.4 Å². The maximum absolute atomic E-state index is 12.9. The Bertz CT molecular complexity index is 1170. The molecule has 4 rings (SSSR count). The lowest BCUT2D eigenvalue weighted by Gasteiger charge is -2.08. The first kappa shape index (κ1) is 20.5. The highest BCUT2D eigenvalue weighted by atomic mass is 35.5. The molecule has 0 saturated carbocycles. The van der Waals surface area contributed by atoms with Crippen molar-refractivity contribution in [1.82, 2.24) is 15.0 Å². The minimum atomic E-state index is -4.42. The highest BCUT2D eigenvalue weighted by Gasteiger charge is 2.30. The van der Waals surface area contributed by atoms with Crippen LogP contribution in [0.25, 0.3) is 33.5 Å². The topological polar surface area (TPSA) is 76.8 Å². The van der Waals surface area contributed by atoms with E-state index in [2.05, 4.69) is 15.0 Å². The van der Waals surface area contributed by atoms with Crippen molar-refractivity contribution in [3.63, 3.8) is 0 Å². The van der Waals surface area contributed by atoms with Crippen molar-refractivity contribution in [3.8, 4) is 28.3 Å². The quantitative estimate of drug-likeness (QED) is 0.470. The van der Waals surface area contributed by atoms with E-state index >= 15 is 0 Å². The number of rotatable bonds is 3. The smallest absolute Gasteiger partial charge is 0.416 e. The molecule has 0 amide bonds. The largest absolute Gasteiger partial charge is 0.497 e. The summed E-state index contributed by atoms with van der Waals surface area (Å²) in [5.74, 6) is 1.27. The molecule has 0 unspecified atom stereocenters. The number of methoxy groups -OCH3 is 1. The fraction of sp³-hybridized carbons (Fsp3) is 0.100. The van der Waals surface area contributed by atoms with Gasteiger partial charge in [0.05, 0.1) is 29.3 Å². The number of alkyl halides is 3. The van der Waals surface area contributed by atoms with Crippen molar-refractivity contribution in [2.45, 2.75) is 6.18 Å². The van der Waals surface area contributed by atoms with Crippen LogP contribution < -0.4 is 10.5 Å². The van der Waals surface area contributed by atoms with E-state index in [4.69, 9.17) is 10.5 Å². The molecule has 2 aromatic carbocycles. The normalized spacial score (nSPS) is 11.3. The van der Waals surface area contributed by atoms with Crippen LogP contribution in [0.2, 0.25) is 0 Å². The zero-order chi connectivity index (χ0) is 19.9. The molecule has 0 bridgehead atoms. The van der Waals surface area contributed by atoms with E-state index in [0.29, 0.717) is 22.7 Å². The van der Waals surface area contributed by atoms with Crippen LogP contribution in [0.5, 0.6) is 5.75 Å². The van der Waals surface area contributed by atoms with Gasteiger partial charge in [-0.1, -0.05) is 12.1 Å². The Morgan fingerprint density at radius 3 is 2.55 bits per heavy atom. The molecule has 3 N–H and O–H groups in total. The summed E-state index contributed by atoms with van der Waals surface area (Å²) in [6.45, 7) is 0. The van der Waals surface area contributed by atoms with E-state index < -0.39 is 11.7 Å². The highest BCUT2D eigenvalue weighted by Crippen LogP contribution is 2.33. The van der Waals surface area contributed by atoms with Crippen LogP contribution >= 0.6 is 12.4 Å². The molecule has 29 heavy (non-hydrogen) atoms. The number of nitrogens with one attached hydrogen (secondary N) is 1. The molecule has 0 spiro atoms. The zero-order valence-electron chi connectivity index (χ0n) is 15.1. The van der Waals surface area contributed by atoms with Crippen molar-refractivity contribution in [2.75, 3.05) is 12.8 Å². The number of aromatic amines is 1. The number of benzene rings is 2. The molecular weight excluding hydrogens is 405 g/mol. The molecule has 2 aromatic heterocycles. The second-order valence-electron chi connectivity index (χ2n) is 6.20. The van der Waals surface area contributed by atoms with Gasteiger partial charge < -0.3 is 15.5 Å². The first-order valence-corrected chi connectivity index (χ1v) is 8.32. The predicted molar refractivity (Wildman–Crippen MR) is 108 cm³/mol. The number of nitrogen functional groups attached to an aromatic ring is 1. The van der Waals surface area contributed by atoms with Crippen LogP contribution in [0.4, 0.5) is 19.0 Å². The average Bonchev–Trinajstić information content (AvgIpc) is 3.10. The maximum Gasteiger partial charge on any atom is 0.416 e. The standard InChI is InChI=1S/C20H15F3N4O.ClH/c1-28-14-4-2-3-11(7-14)12-8-15(18(24)25-10-12)19-26-16-6-5-13(20(21,22)23)9-17(16)27-19;/h2-10H,1H3,(H2,24,25)(H,26,27);1H. The molecule has 2 heterocycles. The summed E-state index contributed by atoms with van der Waals surface area (Å²) in [5.41, 5.74) is 8.09. The number of nitrogens with two attached hydrogens (primary N) is 1. The second kappa shape index (κ2) is 7.63. The second-order valence-corrected chi connectivity index (χ2v) is 6.20. The minimum Gasteiger partial charge on any atom is -0.497 e. The van der Waals surface area contributed by atoms with Crippen LogP contribution in [0.1, 0.15) is 5.56 Å². The minimum absolute atomic E-state index is 0. The number of H-pyrrole nitrogens is 1. The monoisotopic (exact) mass is 420 g/mol. The van der Waals surface area contributed by atoms with Gasteiger partial charge >= 0.3 is 6.18 Å². The Kier molecular flexibility index (Phi) is 5.39. The van der Waals surface area contributed by atoms with Crippen LogP contribution in [0.15, 0.2) is 54.7 Å². The summed E-state index contributed by atoms with van der Waals surface area (Å²) >= 11 is 0. The predicted octanol–water partition coefficient (Wildman–Crippen LogP) is 5.32. The SMILES string of the molecule is COc1cccc(-c2cnc(N)c(-c3nc4ccc(C(F)(F)F)cc4[nH]3)c2)c1.Cl. The van der Waals surface area contributed by atoms with Gasteiger partial charge in [-0.05, 0) is 42.0 Å². The van der Waals surface area contributed by atoms with Crippen molar-refractivity contribution >= 4 is 29.3 Å². The van der Waals surface area contributed by atoms with Gasteiger partial charge in [-0.3, -0.25) is 0 Å². The van der Waals surface area contributed by atoms with Crippen LogP contribution in [0, 0.1) is 0 Å². The Balaban J connectivity index is 0.00000240. The number of pyridine rings is 1. The molecule has 0 aliphatic rings. The molecule has 5 nitrogen and oxygen atoms in total. The Morgan fingerprint density at radius 1 is 1.03 bits per heavy atom. The van der Waals surface area contributed by atoms with Crippen LogP contribution in [-0.4, -0.2) is 22.1 Å². The molecule has 0 radical (unpaired) electrons. The number of imidazole rings is 1. The third-order valence-electron chi connectivity index (χ3n) is 4.39. The van der Waals surface area contributed by atoms with E-state index in [0.717, 1.165) is 23.3 Å². The van der Waals surface area contributed by atoms with Gasteiger partial charge in [0.25, 0.3) is 0 Å². The molecule has 0 atom stereocenters. The Morgan fingerprint density at radius 2 is 1.83 bits per heavy atom. The lowest BCUT2D eigenvalue weighted by molar-refractivity contribution is -0.137. The van der Waals surface area contributed by atoms with Gasteiger partial charge in [0.2, 0.25) is 0 Å². The number of aromatic nitrogens is 3. The number of nitrogens with zero attached hydrogens (tertiary/aromatic N) is 2. The van der Waals surface area contributed by atoms with Gasteiger partial charge in [0, 0.05) is 11.8 Å². The Hall–Kier alpha value is -3.26. The molecule has 4 aromatic rings. The Labute approximate surface area is 170 Å². The summed E-state index contributed by atoms with van der Waals surface area (Å²) in [7, 11) is 1.58. The van der Waals surface area contributed by atoms with Gasteiger partial charge in [0.15, 0.2) is 0 Å². The number of hydrogen-bond acceptors (Lipinski definition) is 4. The van der Waals surface area contributed by atoms with E-state index in [1.807, 2.05) is 24.3 Å². The number of halogens is 4. The first-order chi connectivity index (χ1) is 13.3. The van der Waals surface area contributed by atoms with Crippen molar-refractivity contribution < 1.29 is 17.9 Å². The number of anilines is 1. The fourth-order valence-electron chi connectivity index (χ4n) is 2.94.